The average Bonchev–Trinajstić information content (AvgIpc) is 3.77. The molecule has 2 aliphatic rings. The van der Waals surface area contributed by atoms with Gasteiger partial charge in [0.15, 0.2) is 0 Å². The summed E-state index contributed by atoms with van der Waals surface area (Å²) in [6.45, 7) is 5.19. The monoisotopic (exact) mass is 702 g/mol. The Bertz CT molecular complexity index is 1540. The maximum atomic E-state index is 13.7. The van der Waals surface area contributed by atoms with E-state index in [9.17, 15) is 36.2 Å². The minimum atomic E-state index is -4.98. The van der Waals surface area contributed by atoms with Crippen molar-refractivity contribution < 1.29 is 36.2 Å². The average molecular weight is 703 g/mol. The quantitative estimate of drug-likeness (QED) is 0.180. The van der Waals surface area contributed by atoms with Crippen LogP contribution in [0.4, 0.5) is 38.0 Å². The predicted octanol–water partition coefficient (Wildman–Crippen LogP) is 8.10. The lowest BCUT2D eigenvalue weighted by molar-refractivity contribution is -0.143. The largest absolute Gasteiger partial charge is 0.481 e. The Morgan fingerprint density at radius 1 is 0.896 bits per heavy atom. The van der Waals surface area contributed by atoms with Gasteiger partial charge in [0.2, 0.25) is 0 Å². The molecule has 0 radical (unpaired) electrons. The van der Waals surface area contributed by atoms with Gasteiger partial charge in [0.1, 0.15) is 0 Å². The second kappa shape index (κ2) is 14.9. The maximum Gasteiger partial charge on any atom is 0.416 e. The van der Waals surface area contributed by atoms with E-state index in [1.54, 1.807) is 11.8 Å². The molecule has 2 aliphatic carbocycles. The van der Waals surface area contributed by atoms with Crippen LogP contribution in [0.1, 0.15) is 92.2 Å². The highest BCUT2D eigenvalue weighted by Crippen LogP contribution is 2.45. The summed E-state index contributed by atoms with van der Waals surface area (Å²) in [7, 11) is 0. The SMILES string of the molecule is CCN(CCC1(CC(=O)O)CCCC1)c1cc2c(cc1CN(Cc1cc(C(F)(F)F)cc(C(F)(F)F)c1)c1nnn(CC)n1)CCC2.Cl. The normalized spacial score (nSPS) is 15.7. The molecule has 1 saturated carbocycles. The molecular weight excluding hydrogens is 662 g/mol. The Morgan fingerprint density at radius 3 is 2.06 bits per heavy atom. The van der Waals surface area contributed by atoms with Crippen LogP contribution >= 0.6 is 12.4 Å². The number of tetrazole rings is 1. The van der Waals surface area contributed by atoms with E-state index in [4.69, 9.17) is 0 Å². The van der Waals surface area contributed by atoms with E-state index in [1.165, 1.54) is 10.4 Å². The molecule has 1 N–H and O–H groups in total. The van der Waals surface area contributed by atoms with E-state index in [1.807, 2.05) is 6.92 Å². The number of carbonyl (C=O) groups is 1. The molecule has 0 saturated heterocycles. The molecule has 264 valence electrons. The van der Waals surface area contributed by atoms with Gasteiger partial charge in [-0.15, -0.1) is 17.5 Å². The van der Waals surface area contributed by atoms with Gasteiger partial charge in [-0.25, -0.2) is 0 Å². The lowest BCUT2D eigenvalue weighted by Gasteiger charge is -2.34. The molecule has 0 aliphatic heterocycles. The number of alkyl halides is 6. The van der Waals surface area contributed by atoms with Crippen molar-refractivity contribution >= 4 is 30.0 Å². The van der Waals surface area contributed by atoms with E-state index in [-0.39, 0.29) is 54.9 Å². The van der Waals surface area contributed by atoms with Crippen molar-refractivity contribution in [1.82, 2.24) is 20.2 Å². The van der Waals surface area contributed by atoms with Gasteiger partial charge in [-0.1, -0.05) is 24.0 Å². The summed E-state index contributed by atoms with van der Waals surface area (Å²) >= 11 is 0. The van der Waals surface area contributed by atoms with Crippen molar-refractivity contribution in [1.29, 1.82) is 0 Å². The van der Waals surface area contributed by atoms with Crippen LogP contribution in [0.5, 0.6) is 0 Å². The molecule has 1 aromatic heterocycles. The third-order valence-electron chi connectivity index (χ3n) is 9.51. The lowest BCUT2D eigenvalue weighted by Crippen LogP contribution is -2.32. The minimum Gasteiger partial charge on any atom is -0.481 e. The first-order valence-corrected chi connectivity index (χ1v) is 16.1. The van der Waals surface area contributed by atoms with E-state index in [0.717, 1.165) is 73.9 Å². The van der Waals surface area contributed by atoms with Crippen molar-refractivity contribution in [2.75, 3.05) is 22.9 Å². The molecule has 1 heterocycles. The Morgan fingerprint density at radius 2 is 1.52 bits per heavy atom. The van der Waals surface area contributed by atoms with Crippen molar-refractivity contribution in [3.8, 4) is 0 Å². The number of anilines is 2. The van der Waals surface area contributed by atoms with Crippen molar-refractivity contribution in [3.63, 3.8) is 0 Å². The molecular formula is C33H41ClF6N6O2. The van der Waals surface area contributed by atoms with E-state index in [0.29, 0.717) is 26.1 Å². The second-order valence-electron chi connectivity index (χ2n) is 12.8. The summed E-state index contributed by atoms with van der Waals surface area (Å²) in [5.41, 5.74) is 0.873. The summed E-state index contributed by atoms with van der Waals surface area (Å²) in [6, 6.07) is 5.81. The summed E-state index contributed by atoms with van der Waals surface area (Å²) < 4.78 is 82.3. The van der Waals surface area contributed by atoms with E-state index < -0.39 is 29.4 Å². The fourth-order valence-electron chi connectivity index (χ4n) is 7.09. The molecule has 15 heteroatoms. The standard InChI is InChI=1S/C33H40F6N6O2.ClH/c1-3-43(13-12-31(19-29(46)47)10-5-6-11-31)28-17-24-9-7-8-23(24)16-25(28)21-44(30-40-42-45(4-2)41-30)20-22-14-26(32(34,35)36)18-27(15-22)33(37,38)39;/h14-18H,3-13,19-21H2,1-2H3,(H,46,47);1H. The molecule has 3 aromatic rings. The van der Waals surface area contributed by atoms with Gasteiger partial charge in [-0.2, -0.15) is 31.1 Å². The van der Waals surface area contributed by atoms with Crippen LogP contribution in [-0.2, 0) is 49.6 Å². The van der Waals surface area contributed by atoms with E-state index in [2.05, 4.69) is 32.4 Å². The molecule has 0 unspecified atom stereocenters. The Hall–Kier alpha value is -3.55. The number of rotatable bonds is 13. The molecule has 8 nitrogen and oxygen atoms in total. The van der Waals surface area contributed by atoms with Gasteiger partial charge in [0.25, 0.3) is 5.95 Å². The van der Waals surface area contributed by atoms with Crippen LogP contribution in [0.25, 0.3) is 0 Å². The fourth-order valence-corrected chi connectivity index (χ4v) is 7.09. The number of fused-ring (bicyclic) bond motifs is 1. The predicted molar refractivity (Wildman–Crippen MR) is 171 cm³/mol. The molecule has 5 rings (SSSR count). The number of nitrogens with zero attached hydrogens (tertiary/aromatic N) is 6. The minimum absolute atomic E-state index is 0. The highest BCUT2D eigenvalue weighted by atomic mass is 35.5. The number of benzene rings is 2. The van der Waals surface area contributed by atoms with Crippen molar-refractivity contribution in [3.05, 3.63) is 63.7 Å². The van der Waals surface area contributed by atoms with Crippen LogP contribution in [-0.4, -0.2) is 44.4 Å². The molecule has 2 aromatic carbocycles. The summed E-state index contributed by atoms with van der Waals surface area (Å²) in [5.74, 6) is -0.724. The third-order valence-corrected chi connectivity index (χ3v) is 9.51. The van der Waals surface area contributed by atoms with Gasteiger partial charge in [0, 0.05) is 31.9 Å². The highest BCUT2D eigenvalue weighted by molar-refractivity contribution is 5.85. The van der Waals surface area contributed by atoms with E-state index >= 15 is 0 Å². The zero-order chi connectivity index (χ0) is 34.0. The van der Waals surface area contributed by atoms with Crippen LogP contribution in [0.2, 0.25) is 0 Å². The maximum absolute atomic E-state index is 13.7. The van der Waals surface area contributed by atoms with Crippen molar-refractivity contribution in [2.24, 2.45) is 5.41 Å². The number of carboxylic acids is 1. The van der Waals surface area contributed by atoms with Crippen molar-refractivity contribution in [2.45, 2.75) is 104 Å². The summed E-state index contributed by atoms with van der Waals surface area (Å²) in [4.78, 5) is 16.8. The third kappa shape index (κ3) is 8.72. The van der Waals surface area contributed by atoms with Gasteiger partial charge in [-0.3, -0.25) is 4.79 Å². The molecule has 48 heavy (non-hydrogen) atoms. The van der Waals surface area contributed by atoms with Gasteiger partial charge < -0.3 is 14.9 Å². The first-order valence-electron chi connectivity index (χ1n) is 16.1. The zero-order valence-corrected chi connectivity index (χ0v) is 27.8. The Labute approximate surface area is 281 Å². The number of hydrogen-bond acceptors (Lipinski definition) is 6. The Balaban J connectivity index is 0.00000520. The van der Waals surface area contributed by atoms with Crippen LogP contribution < -0.4 is 9.80 Å². The van der Waals surface area contributed by atoms with Crippen LogP contribution in [0, 0.1) is 5.41 Å². The summed E-state index contributed by atoms with van der Waals surface area (Å²) in [5, 5.41) is 22.1. The van der Waals surface area contributed by atoms with Gasteiger partial charge in [-0.05, 0) is 110 Å². The fraction of sp³-hybridized carbons (Fsp3) is 0.576. The number of aryl methyl sites for hydroxylation is 3. The Kier molecular flexibility index (Phi) is 11.6. The topological polar surface area (TPSA) is 87.4 Å². The number of aliphatic carboxylic acids is 1. The number of hydrogen-bond donors (Lipinski definition) is 1. The zero-order valence-electron chi connectivity index (χ0n) is 27.0. The van der Waals surface area contributed by atoms with Crippen LogP contribution in [0.15, 0.2) is 30.3 Å². The second-order valence-corrected chi connectivity index (χ2v) is 12.8. The molecule has 1 fully saturated rings. The lowest BCUT2D eigenvalue weighted by atomic mass is 9.79. The van der Waals surface area contributed by atoms with Gasteiger partial charge >= 0.3 is 18.3 Å². The number of halogens is 7. The summed E-state index contributed by atoms with van der Waals surface area (Å²) in [6.07, 6.45) is -2.68. The van der Waals surface area contributed by atoms with Gasteiger partial charge in [0.05, 0.1) is 24.1 Å². The molecule has 0 atom stereocenters. The van der Waals surface area contributed by atoms with Crippen LogP contribution in [0.3, 0.4) is 0 Å². The first-order chi connectivity index (χ1) is 22.2. The first kappa shape index (κ1) is 37.3. The molecule has 0 amide bonds. The molecule has 0 bridgehead atoms. The highest BCUT2D eigenvalue weighted by Gasteiger charge is 2.38. The molecule has 0 spiro atoms. The number of carboxylic acid groups (broad SMARTS) is 1. The smallest absolute Gasteiger partial charge is 0.416 e. The number of aromatic nitrogens is 4.